The van der Waals surface area contributed by atoms with E-state index in [2.05, 4.69) is 6.07 Å². The first-order valence-electron chi connectivity index (χ1n) is 23.9. The van der Waals surface area contributed by atoms with Gasteiger partial charge in [-0.2, -0.15) is 0 Å². The van der Waals surface area contributed by atoms with Gasteiger partial charge in [-0.3, -0.25) is 0 Å². The van der Waals surface area contributed by atoms with E-state index in [1.807, 2.05) is 78.9 Å². The molecule has 0 bridgehead atoms. The van der Waals surface area contributed by atoms with Gasteiger partial charge in [0.15, 0.2) is 0 Å². The van der Waals surface area contributed by atoms with Gasteiger partial charge in [0.2, 0.25) is 0 Å². The minimum atomic E-state index is -0.742. The molecule has 0 aliphatic rings. The minimum absolute atomic E-state index is 0.0304. The van der Waals surface area contributed by atoms with Crippen molar-refractivity contribution < 1.29 is 25.0 Å². The molecule has 1 aromatic heterocycles. The van der Waals surface area contributed by atoms with Crippen LogP contribution in [0.25, 0.3) is 109 Å². The fourth-order valence-corrected chi connectivity index (χ4v) is 7.48. The monoisotopic (exact) mass is 661 g/mol. The topological polar surface area (TPSA) is 13.1 Å². The van der Waals surface area contributed by atoms with E-state index in [-0.39, 0.29) is 32.7 Å². The fraction of sp³-hybridized carbons (Fsp3) is 0. The van der Waals surface area contributed by atoms with Crippen LogP contribution in [0.4, 0.5) is 0 Å². The summed E-state index contributed by atoms with van der Waals surface area (Å²) in [5, 5.41) is 3.09. The van der Waals surface area contributed by atoms with Crippen molar-refractivity contribution in [1.29, 1.82) is 0 Å². The van der Waals surface area contributed by atoms with Gasteiger partial charge in [0.1, 0.15) is 11.2 Å². The van der Waals surface area contributed by atoms with Crippen LogP contribution in [0.5, 0.6) is 0 Å². The molecule has 0 unspecified atom stereocenters. The average molecular weight is 662 g/mol. The van der Waals surface area contributed by atoms with Crippen LogP contribution in [0, 0.1) is 0 Å². The molecule has 0 amide bonds. The predicted molar refractivity (Wildman–Crippen MR) is 218 cm³/mol. The Kier molecular flexibility index (Phi) is 3.70. The second-order valence-electron chi connectivity index (χ2n) is 12.5. The van der Waals surface area contributed by atoms with Crippen molar-refractivity contribution in [3.8, 4) is 33.4 Å². The van der Waals surface area contributed by atoms with Crippen molar-refractivity contribution in [3.63, 3.8) is 0 Å². The van der Waals surface area contributed by atoms with Crippen LogP contribution in [-0.4, -0.2) is 0 Å². The van der Waals surface area contributed by atoms with E-state index in [9.17, 15) is 8.22 Å². The molecule has 11 aromatic rings. The van der Waals surface area contributed by atoms with Crippen molar-refractivity contribution in [2.45, 2.75) is 0 Å². The number of furan rings is 1. The summed E-state index contributed by atoms with van der Waals surface area (Å²) >= 11 is 0. The molecule has 10 aromatic carbocycles. The van der Waals surface area contributed by atoms with Gasteiger partial charge >= 0.3 is 0 Å². The Balaban J connectivity index is 1.37. The third-order valence-corrected chi connectivity index (χ3v) is 9.68. The molecule has 236 valence electrons. The maximum absolute atomic E-state index is 9.61. The number of rotatable bonds is 3. The molecule has 1 heteroatoms. The summed E-state index contributed by atoms with van der Waals surface area (Å²) in [4.78, 5) is 0. The van der Waals surface area contributed by atoms with Crippen molar-refractivity contribution >= 4 is 75.8 Å². The van der Waals surface area contributed by atoms with Crippen molar-refractivity contribution in [3.05, 3.63) is 182 Å². The molecule has 0 fully saturated rings. The predicted octanol–water partition coefficient (Wildman–Crippen LogP) is 14.4. The molecule has 0 aliphatic carbocycles. The Morgan fingerprint density at radius 1 is 0.373 bits per heavy atom. The van der Waals surface area contributed by atoms with Gasteiger partial charge < -0.3 is 4.42 Å². The first-order chi connectivity index (χ1) is 31.5. The molecule has 0 saturated carbocycles. The molecule has 0 radical (unpaired) electrons. The van der Waals surface area contributed by atoms with E-state index in [1.54, 1.807) is 6.07 Å². The summed E-state index contributed by atoms with van der Waals surface area (Å²) < 4.78 is 143. The largest absolute Gasteiger partial charge is 0.456 e. The lowest BCUT2D eigenvalue weighted by Gasteiger charge is -2.20. The van der Waals surface area contributed by atoms with Crippen molar-refractivity contribution in [2.24, 2.45) is 0 Å². The summed E-state index contributed by atoms with van der Waals surface area (Å²) in [5.41, 5.74) is 2.19. The van der Waals surface area contributed by atoms with Gasteiger partial charge in [-0.05, 0) is 124 Å². The highest BCUT2D eigenvalue weighted by molar-refractivity contribution is 6.24. The van der Waals surface area contributed by atoms with E-state index in [1.165, 1.54) is 0 Å². The van der Waals surface area contributed by atoms with Crippen LogP contribution in [-0.2, 0) is 0 Å². The van der Waals surface area contributed by atoms with E-state index < -0.39 is 107 Å². The Hall–Kier alpha value is -6.70. The van der Waals surface area contributed by atoms with Gasteiger partial charge in [-0.25, -0.2) is 0 Å². The standard InChI is InChI=1S/C50H30O/c1-2-13-32-26-36(25-24-31(32)12-1)48-40-18-7-9-20-42(40)49(43-21-10-8-19-41(43)48)44-29-37(27-35-16-5-6-17-38(35)44)39-22-11-23-46-50(39)45-28-33-14-3-4-15-34(33)30-47(45)51-46/h1-30H/i1D,2D,7D,8D,9D,10D,12D,13D,18D,19D,20D,21D,24D,25D,26D. The summed E-state index contributed by atoms with van der Waals surface area (Å²) in [7, 11) is 0. The van der Waals surface area contributed by atoms with Crippen LogP contribution in [0.1, 0.15) is 20.6 Å². The molecular weight excluding hydrogens is 617 g/mol. The maximum atomic E-state index is 9.61. The number of benzene rings is 10. The fourth-order valence-electron chi connectivity index (χ4n) is 7.48. The Morgan fingerprint density at radius 2 is 1.02 bits per heavy atom. The molecule has 51 heavy (non-hydrogen) atoms. The lowest BCUT2D eigenvalue weighted by molar-refractivity contribution is 0.669. The van der Waals surface area contributed by atoms with Gasteiger partial charge in [0, 0.05) is 10.8 Å². The van der Waals surface area contributed by atoms with Crippen LogP contribution in [0.2, 0.25) is 0 Å². The molecule has 1 nitrogen and oxygen atoms in total. The van der Waals surface area contributed by atoms with Crippen LogP contribution in [0.3, 0.4) is 0 Å². The normalized spacial score (nSPS) is 16.0. The zero-order valence-electron chi connectivity index (χ0n) is 41.6. The number of hydrogen-bond acceptors (Lipinski definition) is 1. The lowest BCUT2D eigenvalue weighted by Crippen LogP contribution is -1.92. The van der Waals surface area contributed by atoms with Crippen LogP contribution < -0.4 is 0 Å². The molecule has 0 saturated heterocycles. The second-order valence-corrected chi connectivity index (χ2v) is 12.5. The highest BCUT2D eigenvalue weighted by Gasteiger charge is 2.20. The SMILES string of the molecule is [2H]c1c([2H])c([2H])c2c([2H])c(-c3c4c([2H])c([2H])c([2H])c([2H])c4c(-c4cc(-c5cccc6oc7cc8ccccc8cc7c56)cc5ccccc45)c4c([2H])c([2H])c([2H])c([2H])c34)c([2H])c([2H])c2c1[2H]. The zero-order chi connectivity index (χ0) is 46.5. The lowest BCUT2D eigenvalue weighted by atomic mass is 9.83. The van der Waals surface area contributed by atoms with Crippen molar-refractivity contribution in [2.75, 3.05) is 0 Å². The summed E-state index contributed by atoms with van der Waals surface area (Å²) in [6.07, 6.45) is 0. The quantitative estimate of drug-likeness (QED) is 0.172. The Labute approximate surface area is 315 Å². The highest BCUT2D eigenvalue weighted by atomic mass is 16.3. The van der Waals surface area contributed by atoms with Gasteiger partial charge in [-0.1, -0.05) is 145 Å². The first kappa shape index (κ1) is 17.3. The molecule has 0 spiro atoms. The second kappa shape index (κ2) is 10.9. The summed E-state index contributed by atoms with van der Waals surface area (Å²) in [6.45, 7) is 0. The van der Waals surface area contributed by atoms with Crippen molar-refractivity contribution in [1.82, 2.24) is 0 Å². The Morgan fingerprint density at radius 3 is 1.78 bits per heavy atom. The third-order valence-electron chi connectivity index (χ3n) is 9.68. The van der Waals surface area contributed by atoms with E-state index >= 15 is 0 Å². The third kappa shape index (κ3) is 4.28. The van der Waals surface area contributed by atoms with Gasteiger partial charge in [0.05, 0.1) is 20.6 Å². The molecule has 11 rings (SSSR count). The Bertz CT molecular complexity index is 3980. The molecule has 1 heterocycles. The zero-order valence-corrected chi connectivity index (χ0v) is 26.6. The summed E-state index contributed by atoms with van der Waals surface area (Å²) in [6, 6.07) is 18.7. The molecular formula is C50H30O. The van der Waals surface area contributed by atoms with E-state index in [0.717, 1.165) is 27.1 Å². The highest BCUT2D eigenvalue weighted by Crippen LogP contribution is 2.47. The van der Waals surface area contributed by atoms with Gasteiger partial charge in [0.25, 0.3) is 0 Å². The first-order valence-corrected chi connectivity index (χ1v) is 16.4. The molecule has 0 N–H and O–H groups in total. The average Bonchev–Trinajstić information content (AvgIpc) is 3.69. The number of fused-ring (bicyclic) bond motifs is 8. The minimum Gasteiger partial charge on any atom is -0.456 e. The number of hydrogen-bond donors (Lipinski definition) is 0. The van der Waals surface area contributed by atoms with Crippen LogP contribution >= 0.6 is 0 Å². The summed E-state index contributed by atoms with van der Waals surface area (Å²) in [5.74, 6) is 0. The molecule has 0 atom stereocenters. The molecule has 0 aliphatic heterocycles. The van der Waals surface area contributed by atoms with Gasteiger partial charge in [-0.15, -0.1) is 0 Å². The van der Waals surface area contributed by atoms with E-state index in [0.29, 0.717) is 33.1 Å². The van der Waals surface area contributed by atoms with E-state index in [4.69, 9.17) is 16.8 Å². The van der Waals surface area contributed by atoms with Crippen LogP contribution in [0.15, 0.2) is 186 Å². The maximum Gasteiger partial charge on any atom is 0.136 e. The smallest absolute Gasteiger partial charge is 0.136 e.